The van der Waals surface area contributed by atoms with Crippen LogP contribution in [0.4, 0.5) is 0 Å². The molecule has 218 valence electrons. The minimum atomic E-state index is -2.95. The van der Waals surface area contributed by atoms with Gasteiger partial charge in [0, 0.05) is 34.3 Å². The molecular weight excluding hydrogens is 583 g/mol. The van der Waals surface area contributed by atoms with E-state index in [9.17, 15) is 0 Å². The van der Waals surface area contributed by atoms with E-state index < -0.39 is 15.1 Å². The van der Waals surface area contributed by atoms with Crippen molar-refractivity contribution in [3.63, 3.8) is 0 Å². The fourth-order valence-corrected chi connectivity index (χ4v) is 6.99. The smallest absolute Gasteiger partial charge is 0.577 e. The monoisotopic (exact) mass is 610 g/mol. The summed E-state index contributed by atoms with van der Waals surface area (Å²) in [7, 11) is 0. The van der Waals surface area contributed by atoms with Gasteiger partial charge in [0.15, 0.2) is 0 Å². The van der Waals surface area contributed by atoms with Gasteiger partial charge in [-0.05, 0) is 70.1 Å². The number of para-hydroxylation sites is 2. The van der Waals surface area contributed by atoms with Crippen LogP contribution < -0.4 is 11.4 Å². The molecule has 5 nitrogen and oxygen atoms in total. The molecule has 0 bridgehead atoms. The predicted octanol–water partition coefficient (Wildman–Crippen LogP) is 9.79. The number of hydrogen-bond donors (Lipinski definition) is 0. The first-order chi connectivity index (χ1) is 22.8. The van der Waals surface area contributed by atoms with Crippen LogP contribution in [0.5, 0.6) is 17.2 Å². The lowest BCUT2D eigenvalue weighted by Crippen LogP contribution is -2.37. The molecule has 0 unspecified atom stereocenters. The highest BCUT2D eigenvalue weighted by atomic mass is 27.3. The fourth-order valence-electron chi connectivity index (χ4n) is 5.66. The van der Waals surface area contributed by atoms with Gasteiger partial charge in [-0.15, -0.1) is 0 Å². The zero-order valence-electron chi connectivity index (χ0n) is 24.8. The number of pyridine rings is 2. The molecule has 0 saturated heterocycles. The Morgan fingerprint density at radius 2 is 0.804 bits per heavy atom. The number of benzene rings is 6. The number of nitrogens with zero attached hydrogens (tertiary/aromatic N) is 2. The maximum absolute atomic E-state index is 6.73. The van der Waals surface area contributed by atoms with E-state index in [-0.39, 0.29) is 0 Å². The SMILES string of the molecule is c1ccc(-c2cc3ccccc3cn2)c([O][Al]([O]c2ccc3ccccc3c2)[O]c2ccccc2-c2cc3ccccc3cn2)c1. The maximum atomic E-state index is 6.73. The van der Waals surface area contributed by atoms with Gasteiger partial charge in [-0.2, -0.15) is 0 Å². The van der Waals surface area contributed by atoms with Crippen molar-refractivity contribution in [1.29, 1.82) is 0 Å². The van der Waals surface area contributed by atoms with E-state index in [1.165, 1.54) is 0 Å². The van der Waals surface area contributed by atoms with Crippen molar-refractivity contribution in [2.75, 3.05) is 0 Å². The second-order valence-electron chi connectivity index (χ2n) is 11.0. The molecule has 0 aliphatic heterocycles. The van der Waals surface area contributed by atoms with Crippen molar-refractivity contribution in [3.8, 4) is 39.8 Å². The van der Waals surface area contributed by atoms with Gasteiger partial charge in [-0.25, -0.2) is 0 Å². The highest BCUT2D eigenvalue weighted by molar-refractivity contribution is 6.40. The van der Waals surface area contributed by atoms with Crippen LogP contribution in [0.2, 0.25) is 0 Å². The van der Waals surface area contributed by atoms with Crippen molar-refractivity contribution in [2.45, 2.75) is 0 Å². The predicted molar refractivity (Wildman–Crippen MR) is 186 cm³/mol. The summed E-state index contributed by atoms with van der Waals surface area (Å²) >= 11 is -2.95. The van der Waals surface area contributed by atoms with Crippen molar-refractivity contribution >= 4 is 47.5 Å². The molecule has 0 aliphatic carbocycles. The second-order valence-corrected chi connectivity index (χ2v) is 12.3. The van der Waals surface area contributed by atoms with Crippen LogP contribution in [-0.4, -0.2) is 25.1 Å². The zero-order chi connectivity index (χ0) is 30.7. The third-order valence-electron chi connectivity index (χ3n) is 7.99. The minimum Gasteiger partial charge on any atom is -0.577 e. The van der Waals surface area contributed by atoms with Crippen molar-refractivity contribution in [1.82, 2.24) is 9.97 Å². The Kier molecular flexibility index (Phi) is 7.49. The molecule has 46 heavy (non-hydrogen) atoms. The molecule has 2 heterocycles. The summed E-state index contributed by atoms with van der Waals surface area (Å²) in [6.07, 6.45) is 3.79. The summed E-state index contributed by atoms with van der Waals surface area (Å²) in [6.45, 7) is 0. The lowest BCUT2D eigenvalue weighted by molar-refractivity contribution is 0.308. The summed E-state index contributed by atoms with van der Waals surface area (Å²) in [5.74, 6) is 1.96. The molecule has 0 radical (unpaired) electrons. The quantitative estimate of drug-likeness (QED) is 0.160. The fraction of sp³-hybridized carbons (Fsp3) is 0. The van der Waals surface area contributed by atoms with E-state index in [0.29, 0.717) is 17.2 Å². The summed E-state index contributed by atoms with van der Waals surface area (Å²) in [6, 6.07) is 50.6. The first kappa shape index (κ1) is 27.9. The van der Waals surface area contributed by atoms with Crippen LogP contribution in [0.1, 0.15) is 0 Å². The zero-order valence-corrected chi connectivity index (χ0v) is 25.9. The Hall–Kier alpha value is -5.67. The largest absolute Gasteiger partial charge is 1.20 e. The minimum absolute atomic E-state index is 0.643. The molecule has 8 rings (SSSR count). The van der Waals surface area contributed by atoms with E-state index in [0.717, 1.165) is 54.8 Å². The maximum Gasteiger partial charge on any atom is 1.20 e. The number of aromatic nitrogens is 2. The molecule has 0 saturated carbocycles. The molecular formula is C40H27AlN2O3. The van der Waals surface area contributed by atoms with Crippen LogP contribution in [-0.2, 0) is 0 Å². The summed E-state index contributed by atoms with van der Waals surface area (Å²) < 4.78 is 20.1. The van der Waals surface area contributed by atoms with Gasteiger partial charge in [0.05, 0.1) is 28.6 Å². The van der Waals surface area contributed by atoms with Crippen LogP contribution in [0.15, 0.2) is 164 Å². The van der Waals surface area contributed by atoms with Gasteiger partial charge >= 0.3 is 15.1 Å². The number of hydrogen-bond acceptors (Lipinski definition) is 5. The topological polar surface area (TPSA) is 53.5 Å². The number of rotatable bonds is 8. The molecule has 6 heteroatoms. The molecule has 0 atom stereocenters. The van der Waals surface area contributed by atoms with Crippen molar-refractivity contribution < 1.29 is 11.4 Å². The van der Waals surface area contributed by atoms with E-state index in [1.54, 1.807) is 0 Å². The van der Waals surface area contributed by atoms with E-state index >= 15 is 0 Å². The Bertz CT molecular complexity index is 2220. The third-order valence-corrected chi connectivity index (χ3v) is 9.34. The molecule has 0 N–H and O–H groups in total. The van der Waals surface area contributed by atoms with Gasteiger partial charge in [0.25, 0.3) is 0 Å². The van der Waals surface area contributed by atoms with Gasteiger partial charge < -0.3 is 11.4 Å². The second kappa shape index (κ2) is 12.4. The molecule has 2 aromatic heterocycles. The molecule has 0 aliphatic rings. The van der Waals surface area contributed by atoms with Crippen LogP contribution in [0.25, 0.3) is 54.8 Å². The lowest BCUT2D eigenvalue weighted by atomic mass is 10.1. The molecule has 6 aromatic carbocycles. The van der Waals surface area contributed by atoms with E-state index in [2.05, 4.69) is 54.6 Å². The van der Waals surface area contributed by atoms with Crippen molar-refractivity contribution in [2.24, 2.45) is 0 Å². The highest BCUT2D eigenvalue weighted by Gasteiger charge is 2.45. The van der Waals surface area contributed by atoms with Gasteiger partial charge in [-0.1, -0.05) is 103 Å². The summed E-state index contributed by atoms with van der Waals surface area (Å²) in [5.41, 5.74) is 3.35. The molecule has 0 amide bonds. The average molecular weight is 611 g/mol. The Morgan fingerprint density at radius 3 is 1.35 bits per heavy atom. The Labute approximate surface area is 271 Å². The van der Waals surface area contributed by atoms with E-state index in [1.807, 2.05) is 109 Å². The Balaban J connectivity index is 1.18. The van der Waals surface area contributed by atoms with Gasteiger partial charge in [-0.3, -0.25) is 9.97 Å². The number of fused-ring (bicyclic) bond motifs is 3. The normalized spacial score (nSPS) is 11.0. The first-order valence-corrected chi connectivity index (χ1v) is 16.6. The van der Waals surface area contributed by atoms with Crippen molar-refractivity contribution in [3.05, 3.63) is 164 Å². The molecule has 0 fully saturated rings. The van der Waals surface area contributed by atoms with Crippen LogP contribution in [0, 0.1) is 0 Å². The summed E-state index contributed by atoms with van der Waals surface area (Å²) in [5, 5.41) is 6.59. The van der Waals surface area contributed by atoms with Gasteiger partial charge in [0.1, 0.15) is 0 Å². The van der Waals surface area contributed by atoms with Gasteiger partial charge in [0.2, 0.25) is 0 Å². The average Bonchev–Trinajstić information content (AvgIpc) is 3.11. The summed E-state index contributed by atoms with van der Waals surface area (Å²) in [4.78, 5) is 9.54. The first-order valence-electron chi connectivity index (χ1n) is 15.1. The molecule has 0 spiro atoms. The molecule has 8 aromatic rings. The standard InChI is InChI=1S/2C15H11NO.C10H8O.Al/c2*17-15-8-4-3-7-13(15)14-9-11-5-1-2-6-12(11)10-16-14;11-10-6-5-8-3-1-2-4-9(8)7-10;/h2*1-10,17H;1-7,11H;/q;;;+3/p-3. The van der Waals surface area contributed by atoms with E-state index in [4.69, 9.17) is 21.3 Å². The lowest BCUT2D eigenvalue weighted by Gasteiger charge is -2.20. The van der Waals surface area contributed by atoms with Crippen LogP contribution in [0.3, 0.4) is 0 Å². The van der Waals surface area contributed by atoms with Crippen LogP contribution >= 0.6 is 0 Å². The highest BCUT2D eigenvalue weighted by Crippen LogP contribution is 2.34. The Morgan fingerprint density at radius 1 is 0.370 bits per heavy atom. The third kappa shape index (κ3) is 5.76.